The van der Waals surface area contributed by atoms with E-state index in [0.717, 1.165) is 16.4 Å². The Morgan fingerprint density at radius 2 is 1.68 bits per heavy atom. The fourth-order valence-electron chi connectivity index (χ4n) is 4.86. The lowest BCUT2D eigenvalue weighted by Crippen LogP contribution is -2.48. The molecule has 9 nitrogen and oxygen atoms in total. The molecule has 4 aromatic rings. The van der Waals surface area contributed by atoms with Crippen LogP contribution in [-0.2, 0) is 21.2 Å². The van der Waals surface area contributed by atoms with Gasteiger partial charge >= 0.3 is 12.6 Å². The van der Waals surface area contributed by atoms with Crippen molar-refractivity contribution in [2.24, 2.45) is 0 Å². The standard InChI is InChI=1S/C31H25F3N2O7S/c32-22-9-14-25(28(18-22)43-31(33)34)19-7-12-24(13-8-19)44(40,41)36-26-4-2-1-3-21(26)17-27(36)29(37)35-15-16-42-23-10-5-20(6-11-23)30(38)39/h1-14,18,27,31H,15-17H2,(H,35,37)(H,38,39)/t27-/m0/s1. The third-order valence-electron chi connectivity index (χ3n) is 6.88. The first kappa shape index (κ1) is 30.4. The first-order valence-corrected chi connectivity index (χ1v) is 14.7. The van der Waals surface area contributed by atoms with Gasteiger partial charge in [-0.15, -0.1) is 0 Å². The summed E-state index contributed by atoms with van der Waals surface area (Å²) >= 11 is 0. The number of carbonyl (C=O) groups excluding carboxylic acids is 1. The number of halogens is 3. The van der Waals surface area contributed by atoms with Crippen molar-refractivity contribution in [2.75, 3.05) is 17.5 Å². The molecule has 1 aliphatic rings. The van der Waals surface area contributed by atoms with E-state index in [4.69, 9.17) is 9.84 Å². The molecule has 0 bridgehead atoms. The number of aromatic carboxylic acids is 1. The summed E-state index contributed by atoms with van der Waals surface area (Å²) < 4.78 is 78.3. The van der Waals surface area contributed by atoms with Crippen LogP contribution in [0.4, 0.5) is 18.9 Å². The van der Waals surface area contributed by atoms with Crippen molar-refractivity contribution in [3.8, 4) is 22.6 Å². The number of sulfonamides is 1. The topological polar surface area (TPSA) is 122 Å². The van der Waals surface area contributed by atoms with Crippen molar-refractivity contribution < 1.29 is 45.8 Å². The normalized spacial score (nSPS) is 14.3. The monoisotopic (exact) mass is 626 g/mol. The molecule has 5 rings (SSSR count). The Labute approximate surface area is 250 Å². The van der Waals surface area contributed by atoms with Gasteiger partial charge in [-0.2, -0.15) is 8.78 Å². The van der Waals surface area contributed by atoms with Gasteiger partial charge in [0.05, 0.1) is 22.7 Å². The van der Waals surface area contributed by atoms with Crippen LogP contribution in [0.1, 0.15) is 15.9 Å². The number of amides is 1. The first-order chi connectivity index (χ1) is 21.0. The first-order valence-electron chi connectivity index (χ1n) is 13.3. The summed E-state index contributed by atoms with van der Waals surface area (Å²) in [5.74, 6) is -2.40. The minimum absolute atomic E-state index is 0.0483. The lowest BCUT2D eigenvalue weighted by atomic mass is 10.0. The predicted octanol–water partition coefficient (Wildman–Crippen LogP) is 5.11. The lowest BCUT2D eigenvalue weighted by molar-refractivity contribution is -0.122. The van der Waals surface area contributed by atoms with E-state index in [1.54, 1.807) is 24.3 Å². The molecule has 1 heterocycles. The van der Waals surface area contributed by atoms with Crippen LogP contribution in [0.2, 0.25) is 0 Å². The fourth-order valence-corrected chi connectivity index (χ4v) is 6.51. The summed E-state index contributed by atoms with van der Waals surface area (Å²) in [4.78, 5) is 24.1. The quantitative estimate of drug-likeness (QED) is 0.222. The highest BCUT2D eigenvalue weighted by Gasteiger charge is 2.42. The maximum Gasteiger partial charge on any atom is 0.387 e. The summed E-state index contributed by atoms with van der Waals surface area (Å²) in [6.45, 7) is -3.09. The van der Waals surface area contributed by atoms with Crippen molar-refractivity contribution in [2.45, 2.75) is 24.0 Å². The highest BCUT2D eigenvalue weighted by atomic mass is 32.2. The Kier molecular flexibility index (Phi) is 8.76. The summed E-state index contributed by atoms with van der Waals surface area (Å²) in [5, 5.41) is 11.7. The van der Waals surface area contributed by atoms with Crippen LogP contribution in [0.3, 0.4) is 0 Å². The molecular weight excluding hydrogens is 601 g/mol. The maximum atomic E-state index is 13.9. The molecular formula is C31H25F3N2O7S. The molecule has 4 aromatic carbocycles. The van der Waals surface area contributed by atoms with Crippen molar-refractivity contribution in [3.05, 3.63) is 108 Å². The Hall–Kier alpha value is -5.04. The second-order valence-corrected chi connectivity index (χ2v) is 11.5. The average molecular weight is 627 g/mol. The SMILES string of the molecule is O=C(O)c1ccc(OCCNC(=O)[C@@H]2Cc3ccccc3N2S(=O)(=O)c2ccc(-c3ccc(F)cc3OC(F)F)cc2)cc1. The van der Waals surface area contributed by atoms with Gasteiger partial charge in [0.15, 0.2) is 0 Å². The molecule has 0 fully saturated rings. The van der Waals surface area contributed by atoms with E-state index in [2.05, 4.69) is 10.1 Å². The third-order valence-corrected chi connectivity index (χ3v) is 8.72. The fraction of sp³-hybridized carbons (Fsp3) is 0.161. The number of nitrogens with one attached hydrogen (secondary N) is 1. The molecule has 0 radical (unpaired) electrons. The van der Waals surface area contributed by atoms with Gasteiger partial charge in [-0.05, 0) is 65.7 Å². The van der Waals surface area contributed by atoms with Crippen molar-refractivity contribution >= 4 is 27.6 Å². The predicted molar refractivity (Wildman–Crippen MR) is 154 cm³/mol. The molecule has 1 atom stereocenters. The van der Waals surface area contributed by atoms with Crippen molar-refractivity contribution in [3.63, 3.8) is 0 Å². The van der Waals surface area contributed by atoms with Crippen LogP contribution < -0.4 is 19.1 Å². The van der Waals surface area contributed by atoms with Gasteiger partial charge in [0.25, 0.3) is 10.0 Å². The number of carbonyl (C=O) groups is 2. The van der Waals surface area contributed by atoms with Gasteiger partial charge in [0, 0.05) is 18.1 Å². The molecule has 228 valence electrons. The zero-order valence-electron chi connectivity index (χ0n) is 22.8. The summed E-state index contributed by atoms with van der Waals surface area (Å²) in [7, 11) is -4.28. The average Bonchev–Trinajstić information content (AvgIpc) is 3.40. The van der Waals surface area contributed by atoms with Crippen LogP contribution in [0.5, 0.6) is 11.5 Å². The van der Waals surface area contributed by atoms with E-state index >= 15 is 0 Å². The molecule has 1 aliphatic heterocycles. The zero-order chi connectivity index (χ0) is 31.4. The molecule has 0 unspecified atom stereocenters. The largest absolute Gasteiger partial charge is 0.492 e. The van der Waals surface area contributed by atoms with Crippen LogP contribution >= 0.6 is 0 Å². The molecule has 13 heteroatoms. The third kappa shape index (κ3) is 6.47. The Bertz CT molecular complexity index is 1780. The summed E-state index contributed by atoms with van der Waals surface area (Å²) in [6, 6.07) is 19.8. The van der Waals surface area contributed by atoms with Gasteiger partial charge in [-0.3, -0.25) is 9.10 Å². The minimum atomic E-state index is -4.28. The number of fused-ring (bicyclic) bond motifs is 1. The molecule has 0 aromatic heterocycles. The van der Waals surface area contributed by atoms with Crippen LogP contribution in [-0.4, -0.2) is 51.2 Å². The number of benzene rings is 4. The van der Waals surface area contributed by atoms with E-state index in [0.29, 0.717) is 22.6 Å². The minimum Gasteiger partial charge on any atom is -0.492 e. The van der Waals surface area contributed by atoms with Gasteiger partial charge in [0.1, 0.15) is 30.0 Å². The van der Waals surface area contributed by atoms with Crippen LogP contribution in [0.15, 0.2) is 95.9 Å². The molecule has 0 saturated carbocycles. The van der Waals surface area contributed by atoms with Gasteiger partial charge in [-0.1, -0.05) is 30.3 Å². The number of hydrogen-bond acceptors (Lipinski definition) is 6. The van der Waals surface area contributed by atoms with E-state index < -0.39 is 46.1 Å². The molecule has 0 spiro atoms. The molecule has 0 saturated heterocycles. The highest BCUT2D eigenvalue weighted by molar-refractivity contribution is 7.93. The van der Waals surface area contributed by atoms with E-state index in [9.17, 15) is 31.2 Å². The number of anilines is 1. The van der Waals surface area contributed by atoms with Crippen molar-refractivity contribution in [1.29, 1.82) is 0 Å². The number of hydrogen-bond donors (Lipinski definition) is 2. The second-order valence-electron chi connectivity index (χ2n) is 9.66. The zero-order valence-corrected chi connectivity index (χ0v) is 23.6. The smallest absolute Gasteiger partial charge is 0.387 e. The van der Waals surface area contributed by atoms with Gasteiger partial charge in [-0.25, -0.2) is 17.6 Å². The lowest BCUT2D eigenvalue weighted by Gasteiger charge is -2.26. The highest BCUT2D eigenvalue weighted by Crippen LogP contribution is 2.38. The van der Waals surface area contributed by atoms with Crippen molar-refractivity contribution in [1.82, 2.24) is 5.32 Å². The number of nitrogens with zero attached hydrogens (tertiary/aromatic N) is 1. The maximum absolute atomic E-state index is 13.9. The number of ether oxygens (including phenoxy) is 2. The van der Waals surface area contributed by atoms with Crippen LogP contribution in [0, 0.1) is 5.82 Å². The number of rotatable bonds is 11. The Balaban J connectivity index is 1.33. The Morgan fingerprint density at radius 1 is 0.977 bits per heavy atom. The molecule has 1 amide bonds. The second kappa shape index (κ2) is 12.7. The van der Waals surface area contributed by atoms with E-state index in [1.807, 2.05) is 0 Å². The number of carboxylic acid groups (broad SMARTS) is 1. The number of alkyl halides is 2. The summed E-state index contributed by atoms with van der Waals surface area (Å²) in [6.07, 6.45) is 0.126. The molecule has 44 heavy (non-hydrogen) atoms. The van der Waals surface area contributed by atoms with E-state index in [1.165, 1.54) is 54.6 Å². The summed E-state index contributed by atoms with van der Waals surface area (Å²) in [5.41, 5.74) is 1.55. The number of para-hydroxylation sites is 1. The Morgan fingerprint density at radius 3 is 2.36 bits per heavy atom. The molecule has 2 N–H and O–H groups in total. The van der Waals surface area contributed by atoms with Crippen LogP contribution in [0.25, 0.3) is 11.1 Å². The van der Waals surface area contributed by atoms with Gasteiger partial charge < -0.3 is 19.9 Å². The van der Waals surface area contributed by atoms with Gasteiger partial charge in [0.2, 0.25) is 5.91 Å². The molecule has 0 aliphatic carbocycles. The number of carboxylic acids is 1. The van der Waals surface area contributed by atoms with E-state index in [-0.39, 0.29) is 35.6 Å².